The van der Waals surface area contributed by atoms with Crippen molar-refractivity contribution >= 4 is 43.5 Å². The van der Waals surface area contributed by atoms with E-state index >= 15 is 0 Å². The Bertz CT molecular complexity index is 1350. The number of hydrogen-bond donors (Lipinski definition) is 1. The van der Waals surface area contributed by atoms with Crippen molar-refractivity contribution in [3.8, 4) is 0 Å². The van der Waals surface area contributed by atoms with Crippen LogP contribution in [0.3, 0.4) is 0 Å². The van der Waals surface area contributed by atoms with E-state index in [2.05, 4.69) is 21.2 Å². The van der Waals surface area contributed by atoms with Crippen molar-refractivity contribution in [2.75, 3.05) is 10.8 Å². The van der Waals surface area contributed by atoms with Crippen molar-refractivity contribution in [1.82, 2.24) is 10.2 Å². The Hall–Kier alpha value is -3.17. The van der Waals surface area contributed by atoms with Crippen LogP contribution >= 0.6 is 15.9 Å². The molecular weight excluding hydrogens is 566 g/mol. The van der Waals surface area contributed by atoms with E-state index in [0.29, 0.717) is 11.3 Å². The maximum Gasteiger partial charge on any atom is 0.264 e. The average Bonchev–Trinajstić information content (AvgIpc) is 2.91. The van der Waals surface area contributed by atoms with Crippen LogP contribution in [0, 0.1) is 6.92 Å². The third-order valence-corrected chi connectivity index (χ3v) is 8.73. The molecule has 2 amide bonds. The van der Waals surface area contributed by atoms with Crippen LogP contribution in [0.25, 0.3) is 0 Å². The third-order valence-electron chi connectivity index (χ3n) is 6.43. The van der Waals surface area contributed by atoms with Gasteiger partial charge in [0.15, 0.2) is 0 Å². The minimum absolute atomic E-state index is 0.0588. The van der Waals surface area contributed by atoms with Gasteiger partial charge >= 0.3 is 0 Å². The minimum atomic E-state index is -4.07. The number of sulfonamides is 1. The van der Waals surface area contributed by atoms with Crippen molar-refractivity contribution in [3.63, 3.8) is 0 Å². The van der Waals surface area contributed by atoms with Crippen LogP contribution in [0.1, 0.15) is 38.3 Å². The number of hydrogen-bond acceptors (Lipinski definition) is 4. The quantitative estimate of drug-likeness (QED) is 0.324. The van der Waals surface area contributed by atoms with E-state index in [9.17, 15) is 18.0 Å². The molecule has 9 heteroatoms. The highest BCUT2D eigenvalue weighted by atomic mass is 79.9. The first kappa shape index (κ1) is 29.4. The molecule has 2 atom stereocenters. The van der Waals surface area contributed by atoms with Crippen molar-refractivity contribution in [2.45, 2.75) is 57.6 Å². The second-order valence-electron chi connectivity index (χ2n) is 9.25. The molecule has 0 spiro atoms. The summed E-state index contributed by atoms with van der Waals surface area (Å²) in [6, 6.07) is 21.6. The normalized spacial score (nSPS) is 12.9. The Morgan fingerprint density at radius 2 is 1.53 bits per heavy atom. The van der Waals surface area contributed by atoms with Crippen LogP contribution in [0.4, 0.5) is 5.69 Å². The smallest absolute Gasteiger partial charge is 0.264 e. The Kier molecular flexibility index (Phi) is 10.1. The molecule has 0 aromatic heterocycles. The molecule has 202 valence electrons. The van der Waals surface area contributed by atoms with Crippen LogP contribution < -0.4 is 9.62 Å². The van der Waals surface area contributed by atoms with Gasteiger partial charge in [-0.25, -0.2) is 8.42 Å². The number of amides is 2. The number of halogens is 1. The summed E-state index contributed by atoms with van der Waals surface area (Å²) in [5.41, 5.74) is 1.94. The summed E-state index contributed by atoms with van der Waals surface area (Å²) in [5.74, 6) is -0.777. The maximum atomic E-state index is 13.9. The molecular formula is C29H34BrN3O4S. The number of para-hydroxylation sites is 1. The number of nitrogens with one attached hydrogen (secondary N) is 1. The summed E-state index contributed by atoms with van der Waals surface area (Å²) >= 11 is 3.42. The van der Waals surface area contributed by atoms with Gasteiger partial charge in [0.1, 0.15) is 12.6 Å². The molecule has 3 aromatic rings. The molecule has 1 N–H and O–H groups in total. The lowest BCUT2D eigenvalue weighted by atomic mass is 10.1. The van der Waals surface area contributed by atoms with E-state index in [4.69, 9.17) is 0 Å². The largest absolute Gasteiger partial charge is 0.352 e. The molecule has 0 aliphatic carbocycles. The summed E-state index contributed by atoms with van der Waals surface area (Å²) < 4.78 is 29.6. The Morgan fingerprint density at radius 3 is 2.13 bits per heavy atom. The fraction of sp³-hybridized carbons (Fsp3) is 0.310. The molecule has 0 radical (unpaired) electrons. The second kappa shape index (κ2) is 13.1. The van der Waals surface area contributed by atoms with Gasteiger partial charge < -0.3 is 10.2 Å². The Balaban J connectivity index is 2.02. The lowest BCUT2D eigenvalue weighted by Crippen LogP contribution is -2.52. The lowest BCUT2D eigenvalue weighted by Gasteiger charge is -2.33. The monoisotopic (exact) mass is 599 g/mol. The highest BCUT2D eigenvalue weighted by Gasteiger charge is 2.33. The minimum Gasteiger partial charge on any atom is -0.352 e. The number of anilines is 1. The summed E-state index contributed by atoms with van der Waals surface area (Å²) in [6.07, 6.45) is 0.746. The number of carbonyl (C=O) groups is 2. The first-order valence-corrected chi connectivity index (χ1v) is 14.8. The zero-order valence-electron chi connectivity index (χ0n) is 22.1. The number of nitrogens with zero attached hydrogens (tertiary/aromatic N) is 2. The van der Waals surface area contributed by atoms with E-state index in [1.165, 1.54) is 17.0 Å². The standard InChI is InChI=1S/C29H34BrN3O4S/c1-5-22(3)31-29(35)23(4)32(19-24-15-17-25(30)18-16-24)28(34)20-33(27-14-10-9-11-21(27)2)38(36,37)26-12-7-6-8-13-26/h6-18,22-23H,5,19-20H2,1-4H3,(H,31,35)/t22-,23-/m1/s1. The van der Waals surface area contributed by atoms with Gasteiger partial charge in [0.05, 0.1) is 10.6 Å². The molecule has 0 unspecified atom stereocenters. The molecule has 0 aliphatic heterocycles. The van der Waals surface area contributed by atoms with Gasteiger partial charge in [-0.1, -0.05) is 71.4 Å². The Labute approximate surface area is 234 Å². The van der Waals surface area contributed by atoms with E-state index < -0.39 is 28.5 Å². The molecule has 7 nitrogen and oxygen atoms in total. The van der Waals surface area contributed by atoms with Gasteiger partial charge in [-0.05, 0) is 68.7 Å². The SMILES string of the molecule is CC[C@@H](C)NC(=O)[C@@H](C)N(Cc1ccc(Br)cc1)C(=O)CN(c1ccccc1C)S(=O)(=O)c1ccccc1. The highest BCUT2D eigenvalue weighted by Crippen LogP contribution is 2.27. The van der Waals surface area contributed by atoms with Gasteiger partial charge in [0.2, 0.25) is 11.8 Å². The van der Waals surface area contributed by atoms with E-state index in [-0.39, 0.29) is 23.4 Å². The zero-order valence-corrected chi connectivity index (χ0v) is 24.5. The number of carbonyl (C=O) groups excluding carboxylic acids is 2. The first-order chi connectivity index (χ1) is 18.0. The summed E-state index contributed by atoms with van der Waals surface area (Å²) in [7, 11) is -4.07. The summed E-state index contributed by atoms with van der Waals surface area (Å²) in [6.45, 7) is 7.02. The molecule has 3 aromatic carbocycles. The highest BCUT2D eigenvalue weighted by molar-refractivity contribution is 9.10. The van der Waals surface area contributed by atoms with Crippen LogP contribution in [0.2, 0.25) is 0 Å². The van der Waals surface area contributed by atoms with Crippen molar-refractivity contribution < 1.29 is 18.0 Å². The molecule has 38 heavy (non-hydrogen) atoms. The number of rotatable bonds is 11. The van der Waals surface area contributed by atoms with Crippen molar-refractivity contribution in [3.05, 3.63) is 94.5 Å². The predicted molar refractivity (Wildman–Crippen MR) is 154 cm³/mol. The Morgan fingerprint density at radius 1 is 0.921 bits per heavy atom. The van der Waals surface area contributed by atoms with Crippen LogP contribution in [-0.4, -0.2) is 43.8 Å². The maximum absolute atomic E-state index is 13.9. The van der Waals surface area contributed by atoms with Crippen LogP contribution in [-0.2, 0) is 26.2 Å². The van der Waals surface area contributed by atoms with Crippen molar-refractivity contribution in [1.29, 1.82) is 0 Å². The predicted octanol–water partition coefficient (Wildman–Crippen LogP) is 5.28. The number of aryl methyl sites for hydroxylation is 1. The van der Waals surface area contributed by atoms with Crippen LogP contribution in [0.5, 0.6) is 0 Å². The van der Waals surface area contributed by atoms with Gasteiger partial charge in [0, 0.05) is 17.1 Å². The van der Waals surface area contributed by atoms with Gasteiger partial charge in [-0.3, -0.25) is 13.9 Å². The van der Waals surface area contributed by atoms with Gasteiger partial charge in [0.25, 0.3) is 10.0 Å². The molecule has 0 heterocycles. The molecule has 0 saturated heterocycles. The summed E-state index contributed by atoms with van der Waals surface area (Å²) in [5, 5.41) is 2.94. The van der Waals surface area contributed by atoms with Crippen LogP contribution in [0.15, 0.2) is 88.2 Å². The molecule has 3 rings (SSSR count). The average molecular weight is 601 g/mol. The summed E-state index contributed by atoms with van der Waals surface area (Å²) in [4.78, 5) is 28.5. The first-order valence-electron chi connectivity index (χ1n) is 12.5. The van der Waals surface area contributed by atoms with E-state index in [0.717, 1.165) is 20.8 Å². The van der Waals surface area contributed by atoms with Gasteiger partial charge in [-0.2, -0.15) is 0 Å². The fourth-order valence-electron chi connectivity index (χ4n) is 3.91. The van der Waals surface area contributed by atoms with E-state index in [1.54, 1.807) is 50.2 Å². The molecule has 0 fully saturated rings. The second-order valence-corrected chi connectivity index (χ2v) is 12.0. The topological polar surface area (TPSA) is 86.8 Å². The fourth-order valence-corrected chi connectivity index (χ4v) is 5.68. The van der Waals surface area contributed by atoms with Crippen molar-refractivity contribution in [2.24, 2.45) is 0 Å². The molecule has 0 aliphatic rings. The van der Waals surface area contributed by atoms with E-state index in [1.807, 2.05) is 44.2 Å². The lowest BCUT2D eigenvalue weighted by molar-refractivity contribution is -0.139. The zero-order chi connectivity index (χ0) is 27.9. The number of benzene rings is 3. The molecule has 0 saturated carbocycles. The van der Waals surface area contributed by atoms with Gasteiger partial charge in [-0.15, -0.1) is 0 Å². The third kappa shape index (κ3) is 7.23. The molecule has 0 bridgehead atoms.